The van der Waals surface area contributed by atoms with E-state index < -0.39 is 5.97 Å². The number of aryl methyl sites for hydroxylation is 1. The van der Waals surface area contributed by atoms with Gasteiger partial charge < -0.3 is 10.4 Å². The van der Waals surface area contributed by atoms with Crippen LogP contribution in [0.3, 0.4) is 0 Å². The molecule has 1 amide bonds. The topological polar surface area (TPSA) is 66.4 Å². The minimum Gasteiger partial charge on any atom is -0.481 e. The molecule has 4 nitrogen and oxygen atoms in total. The molecule has 2 rings (SSSR count). The fraction of sp³-hybridized carbons (Fsp3) is 0.467. The Kier molecular flexibility index (Phi) is 4.20. The first-order chi connectivity index (χ1) is 9.06. The molecule has 1 aromatic rings. The van der Waals surface area contributed by atoms with Gasteiger partial charge in [-0.15, -0.1) is 0 Å². The summed E-state index contributed by atoms with van der Waals surface area (Å²) in [4.78, 5) is 22.1. The van der Waals surface area contributed by atoms with Gasteiger partial charge in [0.25, 0.3) is 0 Å². The molecule has 0 fully saturated rings. The van der Waals surface area contributed by atoms with E-state index in [1.165, 1.54) is 0 Å². The highest BCUT2D eigenvalue weighted by atomic mass is 16.4. The fourth-order valence-electron chi connectivity index (χ4n) is 2.41. The van der Waals surface area contributed by atoms with Gasteiger partial charge in [-0.25, -0.2) is 0 Å². The van der Waals surface area contributed by atoms with Crippen molar-refractivity contribution in [2.24, 2.45) is 0 Å². The van der Waals surface area contributed by atoms with Gasteiger partial charge in [-0.3, -0.25) is 9.59 Å². The van der Waals surface area contributed by atoms with E-state index in [1.807, 2.05) is 19.1 Å². The van der Waals surface area contributed by atoms with E-state index in [0.29, 0.717) is 12.8 Å². The lowest BCUT2D eigenvalue weighted by Crippen LogP contribution is -2.09. The molecule has 19 heavy (non-hydrogen) atoms. The molecule has 0 bridgehead atoms. The Morgan fingerprint density at radius 2 is 2.21 bits per heavy atom. The molecular formula is C15H19NO3. The summed E-state index contributed by atoms with van der Waals surface area (Å²) in [7, 11) is 0. The molecule has 4 heteroatoms. The summed E-state index contributed by atoms with van der Waals surface area (Å²) in [6.45, 7) is 2.04. The predicted octanol–water partition coefficient (Wildman–Crippen LogP) is 2.93. The maximum absolute atomic E-state index is 11.5. The Morgan fingerprint density at radius 1 is 1.42 bits per heavy atom. The molecule has 1 aromatic carbocycles. The smallest absolute Gasteiger partial charge is 0.303 e. The molecule has 1 heterocycles. The van der Waals surface area contributed by atoms with Crippen LogP contribution in [0.2, 0.25) is 0 Å². The second-order valence-corrected chi connectivity index (χ2v) is 5.15. The third kappa shape index (κ3) is 3.56. The molecule has 0 aromatic heterocycles. The van der Waals surface area contributed by atoms with Crippen molar-refractivity contribution < 1.29 is 14.7 Å². The summed E-state index contributed by atoms with van der Waals surface area (Å²) in [6, 6.07) is 6.02. The maximum atomic E-state index is 11.5. The Balaban J connectivity index is 2.13. The number of carboxylic acids is 1. The second-order valence-electron chi connectivity index (χ2n) is 5.15. The Labute approximate surface area is 112 Å². The number of carbonyl (C=O) groups excluding carboxylic acids is 1. The van der Waals surface area contributed by atoms with Crippen LogP contribution >= 0.6 is 0 Å². The van der Waals surface area contributed by atoms with Gasteiger partial charge in [-0.2, -0.15) is 0 Å². The Morgan fingerprint density at radius 3 is 2.95 bits per heavy atom. The second kappa shape index (κ2) is 5.87. The zero-order chi connectivity index (χ0) is 13.8. The number of nitrogens with one attached hydrogen (secondary N) is 1. The lowest BCUT2D eigenvalue weighted by molar-refractivity contribution is -0.137. The lowest BCUT2D eigenvalue weighted by atomic mass is 9.93. The SMILES string of the molecule is CC(CCC(=O)O)c1ccc2c(c1)CCCC(=O)N2. The van der Waals surface area contributed by atoms with Crippen LogP contribution < -0.4 is 5.32 Å². The van der Waals surface area contributed by atoms with Crippen molar-refractivity contribution in [3.8, 4) is 0 Å². The van der Waals surface area contributed by atoms with Crippen molar-refractivity contribution in [1.82, 2.24) is 0 Å². The average Bonchev–Trinajstić information content (AvgIpc) is 2.55. The number of rotatable bonds is 4. The van der Waals surface area contributed by atoms with Crippen LogP contribution in [0.25, 0.3) is 0 Å². The number of benzene rings is 1. The quantitative estimate of drug-likeness (QED) is 0.875. The third-order valence-corrected chi connectivity index (χ3v) is 3.61. The minimum absolute atomic E-state index is 0.0745. The Bertz CT molecular complexity index is 496. The summed E-state index contributed by atoms with van der Waals surface area (Å²) >= 11 is 0. The number of amides is 1. The van der Waals surface area contributed by atoms with E-state index in [9.17, 15) is 9.59 Å². The van der Waals surface area contributed by atoms with Crippen molar-refractivity contribution in [3.63, 3.8) is 0 Å². The Hall–Kier alpha value is -1.84. The van der Waals surface area contributed by atoms with Gasteiger partial charge in [0.15, 0.2) is 0 Å². The van der Waals surface area contributed by atoms with Gasteiger partial charge in [0, 0.05) is 18.5 Å². The third-order valence-electron chi connectivity index (χ3n) is 3.61. The van der Waals surface area contributed by atoms with Crippen LogP contribution in [0, 0.1) is 0 Å². The number of aliphatic carboxylic acids is 1. The van der Waals surface area contributed by atoms with Crippen LogP contribution in [0.5, 0.6) is 0 Å². The van der Waals surface area contributed by atoms with Gasteiger partial charge in [-0.05, 0) is 42.4 Å². The maximum Gasteiger partial charge on any atom is 0.303 e. The first-order valence-electron chi connectivity index (χ1n) is 6.70. The molecule has 0 radical (unpaired) electrons. The van der Waals surface area contributed by atoms with E-state index in [-0.39, 0.29) is 18.2 Å². The summed E-state index contributed by atoms with van der Waals surface area (Å²) in [5, 5.41) is 11.6. The molecule has 2 N–H and O–H groups in total. The first-order valence-corrected chi connectivity index (χ1v) is 6.70. The highest BCUT2D eigenvalue weighted by Crippen LogP contribution is 2.28. The average molecular weight is 261 g/mol. The molecule has 1 unspecified atom stereocenters. The summed E-state index contributed by atoms with van der Waals surface area (Å²) < 4.78 is 0. The molecule has 1 aliphatic rings. The zero-order valence-corrected chi connectivity index (χ0v) is 11.1. The first kappa shape index (κ1) is 13.6. The molecular weight excluding hydrogens is 242 g/mol. The van der Waals surface area contributed by atoms with E-state index in [0.717, 1.165) is 29.7 Å². The van der Waals surface area contributed by atoms with E-state index >= 15 is 0 Å². The monoisotopic (exact) mass is 261 g/mol. The van der Waals surface area contributed by atoms with Gasteiger partial charge in [-0.1, -0.05) is 19.1 Å². The van der Waals surface area contributed by atoms with E-state index in [1.54, 1.807) is 0 Å². The van der Waals surface area contributed by atoms with Gasteiger partial charge in [0.2, 0.25) is 5.91 Å². The van der Waals surface area contributed by atoms with Crippen LogP contribution in [-0.2, 0) is 16.0 Å². The molecule has 1 atom stereocenters. The normalized spacial score (nSPS) is 16.2. The zero-order valence-electron chi connectivity index (χ0n) is 11.1. The van der Waals surface area contributed by atoms with Crippen LogP contribution in [-0.4, -0.2) is 17.0 Å². The van der Waals surface area contributed by atoms with Crippen molar-refractivity contribution in [1.29, 1.82) is 0 Å². The summed E-state index contributed by atoms with van der Waals surface area (Å²) in [5.41, 5.74) is 3.21. The van der Waals surface area contributed by atoms with Gasteiger partial charge >= 0.3 is 5.97 Å². The largest absolute Gasteiger partial charge is 0.481 e. The highest BCUT2D eigenvalue weighted by Gasteiger charge is 2.15. The minimum atomic E-state index is -0.756. The van der Waals surface area contributed by atoms with Crippen LogP contribution in [0.1, 0.15) is 49.7 Å². The van der Waals surface area contributed by atoms with Crippen molar-refractivity contribution in [2.75, 3.05) is 5.32 Å². The molecule has 0 spiro atoms. The van der Waals surface area contributed by atoms with Gasteiger partial charge in [0.05, 0.1) is 0 Å². The highest BCUT2D eigenvalue weighted by molar-refractivity contribution is 5.92. The number of hydrogen-bond donors (Lipinski definition) is 2. The fourth-order valence-corrected chi connectivity index (χ4v) is 2.41. The predicted molar refractivity (Wildman–Crippen MR) is 73.3 cm³/mol. The standard InChI is InChI=1S/C15H19NO3/c1-10(5-8-15(18)19)11-6-7-13-12(9-11)3-2-4-14(17)16-13/h6-7,9-10H,2-5,8H2,1H3,(H,16,17)(H,18,19). The number of carboxylic acid groups (broad SMARTS) is 1. The lowest BCUT2D eigenvalue weighted by Gasteiger charge is -2.14. The van der Waals surface area contributed by atoms with E-state index in [4.69, 9.17) is 5.11 Å². The number of fused-ring (bicyclic) bond motifs is 1. The van der Waals surface area contributed by atoms with Gasteiger partial charge in [0.1, 0.15) is 0 Å². The molecule has 102 valence electrons. The number of carbonyl (C=O) groups is 2. The molecule has 0 saturated carbocycles. The van der Waals surface area contributed by atoms with Crippen molar-refractivity contribution in [2.45, 2.75) is 44.9 Å². The molecule has 0 saturated heterocycles. The number of hydrogen-bond acceptors (Lipinski definition) is 2. The van der Waals surface area contributed by atoms with Crippen molar-refractivity contribution in [3.05, 3.63) is 29.3 Å². The van der Waals surface area contributed by atoms with E-state index in [2.05, 4.69) is 11.4 Å². The molecule has 0 aliphatic carbocycles. The molecule has 1 aliphatic heterocycles. The summed E-state index contributed by atoms with van der Waals surface area (Å²) in [5.74, 6) is -0.459. The summed E-state index contributed by atoms with van der Waals surface area (Å²) in [6.07, 6.45) is 3.16. The van der Waals surface area contributed by atoms with Crippen LogP contribution in [0.4, 0.5) is 5.69 Å². The number of anilines is 1. The van der Waals surface area contributed by atoms with Crippen LogP contribution in [0.15, 0.2) is 18.2 Å². The van der Waals surface area contributed by atoms with Crippen molar-refractivity contribution >= 4 is 17.6 Å².